The SMILES string of the molecule is CCCCCCCCCCc1cc(C(=O)O)cc(C(=O)O)c1. The van der Waals surface area contributed by atoms with Crippen molar-refractivity contribution >= 4 is 11.9 Å². The number of unbranched alkanes of at least 4 members (excludes halogenated alkanes) is 7. The Kier molecular flexibility index (Phi) is 8.26. The quantitative estimate of drug-likeness (QED) is 0.578. The molecule has 4 heteroatoms. The van der Waals surface area contributed by atoms with Gasteiger partial charge in [0.25, 0.3) is 0 Å². The Morgan fingerprint density at radius 1 is 0.773 bits per heavy atom. The van der Waals surface area contributed by atoms with Crippen LogP contribution >= 0.6 is 0 Å². The molecule has 0 amide bonds. The zero-order valence-corrected chi connectivity index (χ0v) is 13.3. The smallest absolute Gasteiger partial charge is 0.335 e. The highest BCUT2D eigenvalue weighted by Gasteiger charge is 2.11. The van der Waals surface area contributed by atoms with Crippen molar-refractivity contribution < 1.29 is 19.8 Å². The van der Waals surface area contributed by atoms with E-state index in [-0.39, 0.29) is 11.1 Å². The summed E-state index contributed by atoms with van der Waals surface area (Å²) >= 11 is 0. The summed E-state index contributed by atoms with van der Waals surface area (Å²) < 4.78 is 0. The van der Waals surface area contributed by atoms with Crippen LogP contribution in [0, 0.1) is 0 Å². The largest absolute Gasteiger partial charge is 0.478 e. The van der Waals surface area contributed by atoms with Crippen LogP contribution in [0.1, 0.15) is 84.6 Å². The molecule has 122 valence electrons. The lowest BCUT2D eigenvalue weighted by Gasteiger charge is -2.06. The van der Waals surface area contributed by atoms with E-state index in [1.54, 1.807) is 12.1 Å². The molecule has 0 bridgehead atoms. The highest BCUT2D eigenvalue weighted by Crippen LogP contribution is 2.15. The monoisotopic (exact) mass is 306 g/mol. The topological polar surface area (TPSA) is 74.6 Å². The van der Waals surface area contributed by atoms with Crippen LogP contribution in [0.4, 0.5) is 0 Å². The molecule has 0 saturated heterocycles. The van der Waals surface area contributed by atoms with E-state index < -0.39 is 11.9 Å². The average molecular weight is 306 g/mol. The molecule has 4 nitrogen and oxygen atoms in total. The summed E-state index contributed by atoms with van der Waals surface area (Å²) in [7, 11) is 0. The summed E-state index contributed by atoms with van der Waals surface area (Å²) in [6.07, 6.45) is 10.4. The summed E-state index contributed by atoms with van der Waals surface area (Å²) in [6.45, 7) is 2.20. The number of carboxylic acids is 2. The van der Waals surface area contributed by atoms with Gasteiger partial charge in [0, 0.05) is 0 Å². The van der Waals surface area contributed by atoms with Gasteiger partial charge >= 0.3 is 11.9 Å². The summed E-state index contributed by atoms with van der Waals surface area (Å²) in [5.74, 6) is -2.17. The molecular weight excluding hydrogens is 280 g/mol. The lowest BCUT2D eigenvalue weighted by molar-refractivity contribution is 0.0696. The predicted molar refractivity (Wildman–Crippen MR) is 86.7 cm³/mol. The van der Waals surface area contributed by atoms with Crippen molar-refractivity contribution in [2.24, 2.45) is 0 Å². The summed E-state index contributed by atoms with van der Waals surface area (Å²) in [6, 6.07) is 4.37. The fourth-order valence-corrected chi connectivity index (χ4v) is 2.55. The van der Waals surface area contributed by atoms with Crippen molar-refractivity contribution in [3.63, 3.8) is 0 Å². The predicted octanol–water partition coefficient (Wildman–Crippen LogP) is 4.77. The van der Waals surface area contributed by atoms with Gasteiger partial charge < -0.3 is 10.2 Å². The van der Waals surface area contributed by atoms with Gasteiger partial charge in [0.05, 0.1) is 11.1 Å². The van der Waals surface area contributed by atoms with Crippen LogP contribution in [-0.4, -0.2) is 22.2 Å². The molecule has 22 heavy (non-hydrogen) atoms. The first-order valence-electron chi connectivity index (χ1n) is 8.15. The number of carbonyl (C=O) groups is 2. The highest BCUT2D eigenvalue weighted by molar-refractivity contribution is 5.94. The number of benzene rings is 1. The maximum absolute atomic E-state index is 11.0. The second-order valence-electron chi connectivity index (χ2n) is 5.75. The molecule has 0 aliphatic rings. The molecule has 1 aromatic rings. The Bertz CT molecular complexity index is 462. The lowest BCUT2D eigenvalue weighted by atomic mass is 10.00. The minimum Gasteiger partial charge on any atom is -0.478 e. The standard InChI is InChI=1S/C18H26O4/c1-2-3-4-5-6-7-8-9-10-14-11-15(17(19)20)13-16(12-14)18(21)22/h11-13H,2-10H2,1H3,(H,19,20)(H,21,22). The van der Waals surface area contributed by atoms with Crippen LogP contribution in [-0.2, 0) is 6.42 Å². The van der Waals surface area contributed by atoms with Crippen molar-refractivity contribution in [2.45, 2.75) is 64.7 Å². The molecule has 0 spiro atoms. The minimum atomic E-state index is -1.08. The first-order chi connectivity index (χ1) is 10.5. The normalized spacial score (nSPS) is 10.6. The third kappa shape index (κ3) is 6.74. The molecule has 0 aliphatic carbocycles. The average Bonchev–Trinajstić information content (AvgIpc) is 2.49. The molecule has 0 aromatic heterocycles. The maximum Gasteiger partial charge on any atom is 0.335 e. The second-order valence-corrected chi connectivity index (χ2v) is 5.75. The Labute approximate surface area is 132 Å². The van der Waals surface area contributed by atoms with Crippen molar-refractivity contribution in [2.75, 3.05) is 0 Å². The lowest BCUT2D eigenvalue weighted by Crippen LogP contribution is -2.04. The van der Waals surface area contributed by atoms with Crippen LogP contribution in [0.3, 0.4) is 0 Å². The Morgan fingerprint density at radius 3 is 1.68 bits per heavy atom. The van der Waals surface area contributed by atoms with Gasteiger partial charge in [-0.3, -0.25) is 0 Å². The van der Waals surface area contributed by atoms with Crippen LogP contribution < -0.4 is 0 Å². The van der Waals surface area contributed by atoms with Crippen molar-refractivity contribution in [3.8, 4) is 0 Å². The number of rotatable bonds is 11. The Morgan fingerprint density at radius 2 is 1.23 bits per heavy atom. The number of aryl methyl sites for hydroxylation is 1. The molecule has 0 saturated carbocycles. The van der Waals surface area contributed by atoms with Gasteiger partial charge in [-0.1, -0.05) is 51.9 Å². The Hall–Kier alpha value is -1.84. The maximum atomic E-state index is 11.0. The minimum absolute atomic E-state index is 0.0504. The fraction of sp³-hybridized carbons (Fsp3) is 0.556. The van der Waals surface area contributed by atoms with Crippen molar-refractivity contribution in [3.05, 3.63) is 34.9 Å². The summed E-state index contributed by atoms with van der Waals surface area (Å²) in [5, 5.41) is 18.1. The van der Waals surface area contributed by atoms with Gasteiger partial charge in [0.1, 0.15) is 0 Å². The molecule has 2 N–H and O–H groups in total. The number of aromatic carboxylic acids is 2. The van der Waals surface area contributed by atoms with E-state index in [2.05, 4.69) is 6.92 Å². The van der Waals surface area contributed by atoms with E-state index >= 15 is 0 Å². The van der Waals surface area contributed by atoms with Crippen LogP contribution in [0.2, 0.25) is 0 Å². The third-order valence-corrected chi connectivity index (χ3v) is 3.81. The highest BCUT2D eigenvalue weighted by atomic mass is 16.4. The number of carboxylic acid groups (broad SMARTS) is 2. The summed E-state index contributed by atoms with van der Waals surface area (Å²) in [4.78, 5) is 22.1. The third-order valence-electron chi connectivity index (χ3n) is 3.81. The zero-order valence-electron chi connectivity index (χ0n) is 13.3. The molecule has 0 heterocycles. The van der Waals surface area contributed by atoms with E-state index in [4.69, 9.17) is 10.2 Å². The van der Waals surface area contributed by atoms with Gasteiger partial charge in [0.15, 0.2) is 0 Å². The number of hydrogen-bond donors (Lipinski definition) is 2. The molecule has 1 aromatic carbocycles. The van der Waals surface area contributed by atoms with E-state index in [0.29, 0.717) is 0 Å². The van der Waals surface area contributed by atoms with Crippen molar-refractivity contribution in [1.82, 2.24) is 0 Å². The summed E-state index contributed by atoms with van der Waals surface area (Å²) in [5.41, 5.74) is 0.896. The van der Waals surface area contributed by atoms with Gasteiger partial charge in [-0.2, -0.15) is 0 Å². The fourth-order valence-electron chi connectivity index (χ4n) is 2.55. The van der Waals surface area contributed by atoms with E-state index in [0.717, 1.165) is 24.8 Å². The van der Waals surface area contributed by atoms with Gasteiger partial charge in [-0.15, -0.1) is 0 Å². The molecule has 0 fully saturated rings. The van der Waals surface area contributed by atoms with Crippen molar-refractivity contribution in [1.29, 1.82) is 0 Å². The molecule has 0 unspecified atom stereocenters. The van der Waals surface area contributed by atoms with E-state index in [9.17, 15) is 9.59 Å². The van der Waals surface area contributed by atoms with Gasteiger partial charge in [-0.05, 0) is 36.6 Å². The molecular formula is C18H26O4. The van der Waals surface area contributed by atoms with E-state index in [1.807, 2.05) is 0 Å². The first kappa shape index (κ1) is 18.2. The number of hydrogen-bond acceptors (Lipinski definition) is 2. The first-order valence-corrected chi connectivity index (χ1v) is 8.15. The molecule has 0 aliphatic heterocycles. The molecule has 0 atom stereocenters. The molecule has 0 radical (unpaired) electrons. The van der Waals surface area contributed by atoms with Gasteiger partial charge in [-0.25, -0.2) is 9.59 Å². The van der Waals surface area contributed by atoms with E-state index in [1.165, 1.54) is 44.6 Å². The van der Waals surface area contributed by atoms with Crippen LogP contribution in [0.5, 0.6) is 0 Å². The van der Waals surface area contributed by atoms with Gasteiger partial charge in [0.2, 0.25) is 0 Å². The Balaban J connectivity index is 2.42. The van der Waals surface area contributed by atoms with Crippen LogP contribution in [0.25, 0.3) is 0 Å². The zero-order chi connectivity index (χ0) is 16.4. The van der Waals surface area contributed by atoms with Crippen LogP contribution in [0.15, 0.2) is 18.2 Å². The molecule has 1 rings (SSSR count). The second kappa shape index (κ2) is 9.98.